The summed E-state index contributed by atoms with van der Waals surface area (Å²) in [5.74, 6) is -1.26. The molecule has 0 bridgehead atoms. The summed E-state index contributed by atoms with van der Waals surface area (Å²) in [6.07, 6.45) is 1.40. The van der Waals surface area contributed by atoms with E-state index in [4.69, 9.17) is 9.84 Å². The topological polar surface area (TPSA) is 76.7 Å². The number of benzene rings is 1. The molecule has 3 rings (SSSR count). The number of hydrogen-bond acceptors (Lipinski definition) is 4. The molecule has 6 nitrogen and oxygen atoms in total. The molecule has 22 heavy (non-hydrogen) atoms. The van der Waals surface area contributed by atoms with Crippen molar-refractivity contribution in [2.75, 3.05) is 7.11 Å². The van der Waals surface area contributed by atoms with Crippen LogP contribution in [0.15, 0.2) is 30.6 Å². The van der Waals surface area contributed by atoms with Gasteiger partial charge in [0.25, 0.3) is 0 Å². The van der Waals surface area contributed by atoms with Crippen LogP contribution >= 0.6 is 0 Å². The van der Waals surface area contributed by atoms with E-state index >= 15 is 0 Å². The minimum absolute atomic E-state index is 0.145. The zero-order valence-corrected chi connectivity index (χ0v) is 11.9. The number of nitrogens with zero attached hydrogens (tertiary/aromatic N) is 3. The molecule has 3 aromatic rings. The number of carboxylic acid groups (broad SMARTS) is 1. The standard InChI is InChI=1S/C15H12FN3O3/c1-8-3-12(9-4-10(16)6-11(5-9)22-2)18-14-13(15(20)21)17-7-19(8)14/h3-7H,1-2H3,(H,20,21). The van der Waals surface area contributed by atoms with E-state index in [-0.39, 0.29) is 11.3 Å². The Morgan fingerprint density at radius 3 is 2.77 bits per heavy atom. The lowest BCUT2D eigenvalue weighted by atomic mass is 10.1. The lowest BCUT2D eigenvalue weighted by molar-refractivity contribution is 0.0693. The molecule has 0 saturated heterocycles. The summed E-state index contributed by atoms with van der Waals surface area (Å²) in [5.41, 5.74) is 1.76. The monoisotopic (exact) mass is 301 g/mol. The van der Waals surface area contributed by atoms with Crippen molar-refractivity contribution in [3.8, 4) is 17.0 Å². The second-order valence-corrected chi connectivity index (χ2v) is 4.75. The van der Waals surface area contributed by atoms with Crippen LogP contribution in [0.5, 0.6) is 5.75 Å². The van der Waals surface area contributed by atoms with Crippen LogP contribution in [0.4, 0.5) is 4.39 Å². The summed E-state index contributed by atoms with van der Waals surface area (Å²) >= 11 is 0. The molecule has 2 heterocycles. The summed E-state index contributed by atoms with van der Waals surface area (Å²) in [5, 5.41) is 9.15. The number of aromatic nitrogens is 3. The average Bonchev–Trinajstić information content (AvgIpc) is 2.91. The molecule has 0 atom stereocenters. The van der Waals surface area contributed by atoms with Crippen molar-refractivity contribution in [2.45, 2.75) is 6.92 Å². The molecular weight excluding hydrogens is 289 g/mol. The maximum Gasteiger partial charge on any atom is 0.358 e. The maximum absolute atomic E-state index is 13.6. The first-order valence-corrected chi connectivity index (χ1v) is 6.42. The molecule has 0 saturated carbocycles. The predicted octanol–water partition coefficient (Wildman–Crippen LogP) is 2.55. The number of halogens is 1. The zero-order valence-electron chi connectivity index (χ0n) is 11.9. The molecule has 0 fully saturated rings. The molecule has 1 aromatic carbocycles. The van der Waals surface area contributed by atoms with E-state index in [9.17, 15) is 9.18 Å². The van der Waals surface area contributed by atoms with Crippen LogP contribution in [0.25, 0.3) is 16.9 Å². The number of imidazole rings is 1. The molecule has 112 valence electrons. The van der Waals surface area contributed by atoms with E-state index in [1.165, 1.54) is 25.6 Å². The summed E-state index contributed by atoms with van der Waals surface area (Å²) in [4.78, 5) is 19.3. The minimum Gasteiger partial charge on any atom is -0.497 e. The Kier molecular flexibility index (Phi) is 3.25. The molecule has 0 spiro atoms. The van der Waals surface area contributed by atoms with Gasteiger partial charge in [-0.2, -0.15) is 0 Å². The Morgan fingerprint density at radius 1 is 1.32 bits per heavy atom. The largest absolute Gasteiger partial charge is 0.497 e. The lowest BCUT2D eigenvalue weighted by Crippen LogP contribution is -2.01. The van der Waals surface area contributed by atoms with Crippen molar-refractivity contribution < 1.29 is 19.0 Å². The first kappa shape index (κ1) is 14.0. The third-order valence-corrected chi connectivity index (χ3v) is 3.30. The van der Waals surface area contributed by atoms with Gasteiger partial charge in [0.2, 0.25) is 0 Å². The second kappa shape index (κ2) is 5.10. The quantitative estimate of drug-likeness (QED) is 0.804. The van der Waals surface area contributed by atoms with Gasteiger partial charge in [0, 0.05) is 17.3 Å². The number of fused-ring (bicyclic) bond motifs is 1. The van der Waals surface area contributed by atoms with Gasteiger partial charge in [-0.1, -0.05) is 0 Å². The number of methoxy groups -OCH3 is 1. The highest BCUT2D eigenvalue weighted by Crippen LogP contribution is 2.26. The fraction of sp³-hybridized carbons (Fsp3) is 0.133. The SMILES string of the molecule is COc1cc(F)cc(-c2cc(C)n3cnc(C(=O)O)c3n2)c1. The second-order valence-electron chi connectivity index (χ2n) is 4.75. The molecule has 0 aliphatic heterocycles. The van der Waals surface area contributed by atoms with Gasteiger partial charge in [-0.3, -0.25) is 4.40 Å². The van der Waals surface area contributed by atoms with Gasteiger partial charge in [0.15, 0.2) is 11.3 Å². The third-order valence-electron chi connectivity index (χ3n) is 3.30. The number of aromatic carboxylic acids is 1. The normalized spacial score (nSPS) is 10.9. The molecule has 7 heteroatoms. The van der Waals surface area contributed by atoms with Crippen molar-refractivity contribution in [1.29, 1.82) is 0 Å². The molecule has 0 aliphatic rings. The highest BCUT2D eigenvalue weighted by Gasteiger charge is 2.16. The highest BCUT2D eigenvalue weighted by atomic mass is 19.1. The smallest absolute Gasteiger partial charge is 0.358 e. The highest BCUT2D eigenvalue weighted by molar-refractivity contribution is 5.92. The first-order chi connectivity index (χ1) is 10.5. The number of carboxylic acids is 1. The Morgan fingerprint density at radius 2 is 2.09 bits per heavy atom. The van der Waals surface area contributed by atoms with E-state index in [0.29, 0.717) is 17.0 Å². The van der Waals surface area contributed by atoms with E-state index in [1.54, 1.807) is 23.5 Å². The summed E-state index contributed by atoms with van der Waals surface area (Å²) < 4.78 is 20.3. The Balaban J connectivity index is 2.25. The van der Waals surface area contributed by atoms with Gasteiger partial charge in [0.05, 0.1) is 12.8 Å². The van der Waals surface area contributed by atoms with Crippen molar-refractivity contribution in [3.05, 3.63) is 47.8 Å². The van der Waals surface area contributed by atoms with Crippen LogP contribution < -0.4 is 4.74 Å². The Labute approximate surface area is 124 Å². The summed E-state index contributed by atoms with van der Waals surface area (Å²) in [6, 6.07) is 5.95. The average molecular weight is 301 g/mol. The van der Waals surface area contributed by atoms with Crippen molar-refractivity contribution >= 4 is 11.6 Å². The number of ether oxygens (including phenoxy) is 1. The van der Waals surface area contributed by atoms with Crippen LogP contribution in [-0.4, -0.2) is 32.6 Å². The minimum atomic E-state index is -1.16. The summed E-state index contributed by atoms with van der Waals surface area (Å²) in [7, 11) is 1.44. The van der Waals surface area contributed by atoms with Gasteiger partial charge < -0.3 is 9.84 Å². The lowest BCUT2D eigenvalue weighted by Gasteiger charge is -2.08. The number of rotatable bonds is 3. The molecule has 2 aromatic heterocycles. The van der Waals surface area contributed by atoms with Crippen LogP contribution in [0, 0.1) is 12.7 Å². The maximum atomic E-state index is 13.6. The fourth-order valence-electron chi connectivity index (χ4n) is 2.25. The van der Waals surface area contributed by atoms with Crippen LogP contribution in [-0.2, 0) is 0 Å². The van der Waals surface area contributed by atoms with Gasteiger partial charge in [0.1, 0.15) is 17.9 Å². The van der Waals surface area contributed by atoms with Crippen molar-refractivity contribution in [3.63, 3.8) is 0 Å². The molecule has 0 amide bonds. The van der Waals surface area contributed by atoms with Crippen LogP contribution in [0.1, 0.15) is 16.2 Å². The summed E-state index contributed by atoms with van der Waals surface area (Å²) in [6.45, 7) is 1.79. The van der Waals surface area contributed by atoms with Crippen LogP contribution in [0.3, 0.4) is 0 Å². The van der Waals surface area contributed by atoms with E-state index in [1.807, 2.05) is 0 Å². The molecular formula is C15H12FN3O3. The number of hydrogen-bond donors (Lipinski definition) is 1. The number of aryl methyl sites for hydroxylation is 1. The Bertz CT molecular complexity index is 889. The van der Waals surface area contributed by atoms with Gasteiger partial charge in [-0.15, -0.1) is 0 Å². The van der Waals surface area contributed by atoms with Gasteiger partial charge >= 0.3 is 5.97 Å². The first-order valence-electron chi connectivity index (χ1n) is 6.42. The molecule has 0 radical (unpaired) electrons. The van der Waals surface area contributed by atoms with Gasteiger partial charge in [-0.25, -0.2) is 19.2 Å². The Hall–Kier alpha value is -2.96. The zero-order chi connectivity index (χ0) is 15.9. The van der Waals surface area contributed by atoms with Gasteiger partial charge in [-0.05, 0) is 25.1 Å². The van der Waals surface area contributed by atoms with Crippen molar-refractivity contribution in [2.24, 2.45) is 0 Å². The molecule has 0 aliphatic carbocycles. The number of carbonyl (C=O) groups is 1. The van der Waals surface area contributed by atoms with E-state index in [2.05, 4.69) is 9.97 Å². The fourth-order valence-corrected chi connectivity index (χ4v) is 2.25. The third kappa shape index (κ3) is 2.26. The predicted molar refractivity (Wildman–Crippen MR) is 76.6 cm³/mol. The molecule has 1 N–H and O–H groups in total. The van der Waals surface area contributed by atoms with Crippen LogP contribution in [0.2, 0.25) is 0 Å². The van der Waals surface area contributed by atoms with Crippen molar-refractivity contribution in [1.82, 2.24) is 14.4 Å². The van der Waals surface area contributed by atoms with E-state index < -0.39 is 11.8 Å². The molecule has 0 unspecified atom stereocenters. The van der Waals surface area contributed by atoms with E-state index in [0.717, 1.165) is 5.69 Å².